The van der Waals surface area contributed by atoms with Crippen molar-refractivity contribution in [2.75, 3.05) is 0 Å². The van der Waals surface area contributed by atoms with Gasteiger partial charge in [-0.3, -0.25) is 0 Å². The molecule has 0 radical (unpaired) electrons. The van der Waals surface area contributed by atoms with E-state index in [1.54, 1.807) is 6.20 Å². The molecule has 0 saturated heterocycles. The van der Waals surface area contributed by atoms with Crippen molar-refractivity contribution in [1.29, 1.82) is 0 Å². The molecule has 0 aliphatic carbocycles. The van der Waals surface area contributed by atoms with Gasteiger partial charge in [0.05, 0.1) is 6.61 Å². The highest BCUT2D eigenvalue weighted by Crippen LogP contribution is 2.23. The van der Waals surface area contributed by atoms with Gasteiger partial charge < -0.3 is 9.67 Å². The number of hydrogen-bond donors (Lipinski definition) is 1. The Morgan fingerprint density at radius 1 is 1.14 bits per heavy atom. The Hall–Kier alpha value is -2.13. The highest BCUT2D eigenvalue weighted by Gasteiger charge is 2.11. The highest BCUT2D eigenvalue weighted by molar-refractivity contribution is 5.80. The van der Waals surface area contributed by atoms with Crippen molar-refractivity contribution >= 4 is 11.0 Å². The summed E-state index contributed by atoms with van der Waals surface area (Å²) in [5.41, 5.74) is 7.08. The van der Waals surface area contributed by atoms with Crippen LogP contribution in [0.2, 0.25) is 0 Å². The van der Waals surface area contributed by atoms with E-state index in [2.05, 4.69) is 42.5 Å². The summed E-state index contributed by atoms with van der Waals surface area (Å²) < 4.78 is 2.13. The van der Waals surface area contributed by atoms with Gasteiger partial charge in [-0.05, 0) is 49.6 Å². The van der Waals surface area contributed by atoms with E-state index < -0.39 is 0 Å². The molecule has 3 nitrogen and oxygen atoms in total. The molecule has 0 aliphatic heterocycles. The molecule has 0 atom stereocenters. The van der Waals surface area contributed by atoms with Gasteiger partial charge in [0, 0.05) is 29.9 Å². The zero-order valence-corrected chi connectivity index (χ0v) is 12.7. The van der Waals surface area contributed by atoms with Gasteiger partial charge in [0.1, 0.15) is 5.65 Å². The molecule has 1 aromatic carbocycles. The lowest BCUT2D eigenvalue weighted by Gasteiger charge is -2.12. The summed E-state index contributed by atoms with van der Waals surface area (Å²) in [5, 5.41) is 10.5. The van der Waals surface area contributed by atoms with Gasteiger partial charge in [-0.2, -0.15) is 0 Å². The second-order valence-electron chi connectivity index (χ2n) is 5.69. The van der Waals surface area contributed by atoms with Crippen molar-refractivity contribution in [3.05, 3.63) is 64.5 Å². The second-order valence-corrected chi connectivity index (χ2v) is 5.69. The molecule has 2 aromatic heterocycles. The highest BCUT2D eigenvalue weighted by atomic mass is 16.3. The zero-order valence-electron chi connectivity index (χ0n) is 12.7. The lowest BCUT2D eigenvalue weighted by Crippen LogP contribution is -2.04. The first-order chi connectivity index (χ1) is 10.1. The normalized spacial score (nSPS) is 11.2. The number of aliphatic hydroxyl groups excluding tert-OH is 1. The van der Waals surface area contributed by atoms with Gasteiger partial charge >= 0.3 is 0 Å². The number of pyridine rings is 1. The van der Waals surface area contributed by atoms with E-state index in [1.165, 1.54) is 22.3 Å². The summed E-state index contributed by atoms with van der Waals surface area (Å²) in [5.74, 6) is 0. The molecule has 0 saturated carbocycles. The molecule has 0 bridgehead atoms. The third-order valence-electron chi connectivity index (χ3n) is 4.06. The van der Waals surface area contributed by atoms with Gasteiger partial charge in [0.2, 0.25) is 0 Å². The van der Waals surface area contributed by atoms with Crippen molar-refractivity contribution in [3.63, 3.8) is 0 Å². The number of fused-ring (bicyclic) bond motifs is 1. The predicted molar refractivity (Wildman–Crippen MR) is 85.4 cm³/mol. The molecule has 3 aromatic rings. The van der Waals surface area contributed by atoms with Crippen LogP contribution in [0.3, 0.4) is 0 Å². The number of rotatable bonds is 3. The van der Waals surface area contributed by atoms with Crippen LogP contribution >= 0.6 is 0 Å². The standard InChI is InChI=1S/C18H20N2O/c1-12-7-13(2)17(14(3)8-12)10-20-9-15(11-21)16-5-4-6-19-18(16)20/h4-9,21H,10-11H2,1-3H3. The van der Waals surface area contributed by atoms with Crippen LogP contribution in [0, 0.1) is 20.8 Å². The average Bonchev–Trinajstić information content (AvgIpc) is 2.81. The summed E-state index contributed by atoms with van der Waals surface area (Å²) in [6, 6.07) is 8.36. The van der Waals surface area contributed by atoms with E-state index in [0.717, 1.165) is 23.1 Å². The Kier molecular flexibility index (Phi) is 3.52. The fourth-order valence-corrected chi connectivity index (χ4v) is 3.07. The Morgan fingerprint density at radius 2 is 1.86 bits per heavy atom. The van der Waals surface area contributed by atoms with Crippen LogP contribution in [0.25, 0.3) is 11.0 Å². The van der Waals surface area contributed by atoms with Crippen LogP contribution in [0.1, 0.15) is 27.8 Å². The summed E-state index contributed by atoms with van der Waals surface area (Å²) in [4.78, 5) is 4.47. The van der Waals surface area contributed by atoms with E-state index in [9.17, 15) is 5.11 Å². The maximum absolute atomic E-state index is 9.52. The molecule has 0 amide bonds. The van der Waals surface area contributed by atoms with Crippen molar-refractivity contribution < 1.29 is 5.11 Å². The maximum atomic E-state index is 9.52. The zero-order chi connectivity index (χ0) is 15.0. The number of aliphatic hydroxyl groups is 1. The van der Waals surface area contributed by atoms with E-state index >= 15 is 0 Å². The third-order valence-corrected chi connectivity index (χ3v) is 4.06. The van der Waals surface area contributed by atoms with Crippen LogP contribution < -0.4 is 0 Å². The lowest BCUT2D eigenvalue weighted by atomic mass is 10.00. The van der Waals surface area contributed by atoms with Crippen LogP contribution in [-0.4, -0.2) is 14.7 Å². The minimum atomic E-state index is 0.0427. The van der Waals surface area contributed by atoms with Crippen LogP contribution in [0.15, 0.2) is 36.7 Å². The molecule has 3 rings (SSSR count). The number of nitrogens with zero attached hydrogens (tertiary/aromatic N) is 2. The summed E-state index contributed by atoms with van der Waals surface area (Å²) >= 11 is 0. The first-order valence-electron chi connectivity index (χ1n) is 7.20. The smallest absolute Gasteiger partial charge is 0.140 e. The fraction of sp³-hybridized carbons (Fsp3) is 0.278. The Labute approximate surface area is 124 Å². The molecule has 0 aliphatic rings. The Morgan fingerprint density at radius 3 is 2.52 bits per heavy atom. The molecule has 0 fully saturated rings. The third kappa shape index (κ3) is 2.45. The molecule has 108 valence electrons. The van der Waals surface area contributed by atoms with Gasteiger partial charge in [0.25, 0.3) is 0 Å². The molecule has 0 unspecified atom stereocenters. The number of hydrogen-bond acceptors (Lipinski definition) is 2. The summed E-state index contributed by atoms with van der Waals surface area (Å²) in [6.45, 7) is 7.26. The monoisotopic (exact) mass is 280 g/mol. The minimum absolute atomic E-state index is 0.0427. The van der Waals surface area contributed by atoms with E-state index in [-0.39, 0.29) is 6.61 Å². The molecule has 3 heteroatoms. The first-order valence-corrected chi connectivity index (χ1v) is 7.20. The van der Waals surface area contributed by atoms with Crippen molar-refractivity contribution in [3.8, 4) is 0 Å². The van der Waals surface area contributed by atoms with Gasteiger partial charge in [-0.25, -0.2) is 4.98 Å². The average molecular weight is 280 g/mol. The number of aromatic nitrogens is 2. The topological polar surface area (TPSA) is 38.0 Å². The fourth-order valence-electron chi connectivity index (χ4n) is 3.07. The van der Waals surface area contributed by atoms with Crippen molar-refractivity contribution in [1.82, 2.24) is 9.55 Å². The quantitative estimate of drug-likeness (QED) is 0.797. The second kappa shape index (κ2) is 5.34. The molecular formula is C18H20N2O. The van der Waals surface area contributed by atoms with E-state index in [4.69, 9.17) is 0 Å². The van der Waals surface area contributed by atoms with Crippen LogP contribution in [-0.2, 0) is 13.2 Å². The van der Waals surface area contributed by atoms with E-state index in [0.29, 0.717) is 0 Å². The molecule has 2 heterocycles. The number of benzene rings is 1. The molecular weight excluding hydrogens is 260 g/mol. The number of aryl methyl sites for hydroxylation is 3. The Balaban J connectivity index is 2.11. The van der Waals surface area contributed by atoms with Crippen molar-refractivity contribution in [2.24, 2.45) is 0 Å². The van der Waals surface area contributed by atoms with Gasteiger partial charge in [-0.15, -0.1) is 0 Å². The first kappa shape index (κ1) is 13.8. The largest absolute Gasteiger partial charge is 0.392 e. The molecule has 1 N–H and O–H groups in total. The maximum Gasteiger partial charge on any atom is 0.140 e. The van der Waals surface area contributed by atoms with Crippen molar-refractivity contribution in [2.45, 2.75) is 33.9 Å². The molecule has 0 spiro atoms. The lowest BCUT2D eigenvalue weighted by molar-refractivity contribution is 0.283. The predicted octanol–water partition coefficient (Wildman–Crippen LogP) is 3.50. The van der Waals surface area contributed by atoms with Gasteiger partial charge in [-0.1, -0.05) is 17.7 Å². The molecule has 21 heavy (non-hydrogen) atoms. The Bertz CT molecular complexity index is 779. The van der Waals surface area contributed by atoms with Crippen LogP contribution in [0.5, 0.6) is 0 Å². The van der Waals surface area contributed by atoms with Gasteiger partial charge in [0.15, 0.2) is 0 Å². The van der Waals surface area contributed by atoms with Crippen LogP contribution in [0.4, 0.5) is 0 Å². The SMILES string of the molecule is Cc1cc(C)c(Cn2cc(CO)c3cccnc32)c(C)c1. The minimum Gasteiger partial charge on any atom is -0.392 e. The summed E-state index contributed by atoms with van der Waals surface area (Å²) in [6.07, 6.45) is 3.81. The summed E-state index contributed by atoms with van der Waals surface area (Å²) in [7, 11) is 0. The van der Waals surface area contributed by atoms with E-state index in [1.807, 2.05) is 18.3 Å².